The summed E-state index contributed by atoms with van der Waals surface area (Å²) in [6.45, 7) is 5.26. The van der Waals surface area contributed by atoms with Crippen LogP contribution in [0.4, 0.5) is 0 Å². The average Bonchev–Trinajstić information content (AvgIpc) is 2.95. The number of rotatable bonds is 5. The second-order valence-electron chi connectivity index (χ2n) is 6.28. The van der Waals surface area contributed by atoms with E-state index in [1.807, 2.05) is 13.0 Å². The molecule has 1 aromatic carbocycles. The first-order valence-electron chi connectivity index (χ1n) is 8.26. The summed E-state index contributed by atoms with van der Waals surface area (Å²) in [4.78, 5) is 35.4. The SMILES string of the molecule is CC[C@@H](NC(=O)Cc1c(C)c2cc3c(C)coc3cc2oc1=O)C(=O)[O-]. The van der Waals surface area contributed by atoms with Gasteiger partial charge in [-0.15, -0.1) is 0 Å². The lowest BCUT2D eigenvalue weighted by Gasteiger charge is -2.18. The van der Waals surface area contributed by atoms with Crippen LogP contribution in [-0.2, 0) is 16.0 Å². The molecule has 0 bridgehead atoms. The zero-order valence-electron chi connectivity index (χ0n) is 14.7. The van der Waals surface area contributed by atoms with Crippen molar-refractivity contribution in [3.63, 3.8) is 0 Å². The monoisotopic (exact) mass is 356 g/mol. The maximum Gasteiger partial charge on any atom is 0.340 e. The molecule has 3 aromatic rings. The highest BCUT2D eigenvalue weighted by Crippen LogP contribution is 2.28. The molecule has 26 heavy (non-hydrogen) atoms. The predicted octanol–water partition coefficient (Wildman–Crippen LogP) is 1.34. The van der Waals surface area contributed by atoms with Crippen LogP contribution in [-0.4, -0.2) is 17.9 Å². The Bertz CT molecular complexity index is 1070. The second-order valence-corrected chi connectivity index (χ2v) is 6.28. The quantitative estimate of drug-likeness (QED) is 0.690. The van der Waals surface area contributed by atoms with Gasteiger partial charge in [-0.3, -0.25) is 4.79 Å². The van der Waals surface area contributed by atoms with E-state index in [0.29, 0.717) is 22.1 Å². The topological polar surface area (TPSA) is 113 Å². The summed E-state index contributed by atoms with van der Waals surface area (Å²) in [6.07, 6.45) is 1.55. The molecular formula is C19H18NO6-. The van der Waals surface area contributed by atoms with Crippen LogP contribution >= 0.6 is 0 Å². The van der Waals surface area contributed by atoms with Crippen molar-refractivity contribution >= 4 is 33.8 Å². The zero-order valence-corrected chi connectivity index (χ0v) is 14.7. The Morgan fingerprint density at radius 1 is 1.19 bits per heavy atom. The van der Waals surface area contributed by atoms with Crippen molar-refractivity contribution in [1.82, 2.24) is 5.32 Å². The number of amides is 1. The Balaban J connectivity index is 2.01. The van der Waals surface area contributed by atoms with Crippen LogP contribution in [0.1, 0.15) is 30.0 Å². The predicted molar refractivity (Wildman–Crippen MR) is 92.7 cm³/mol. The normalized spacial score (nSPS) is 12.4. The molecule has 0 unspecified atom stereocenters. The summed E-state index contributed by atoms with van der Waals surface area (Å²) in [7, 11) is 0. The van der Waals surface area contributed by atoms with Gasteiger partial charge in [-0.2, -0.15) is 0 Å². The molecule has 0 fully saturated rings. The van der Waals surface area contributed by atoms with Crippen molar-refractivity contribution in [2.45, 2.75) is 39.7 Å². The molecule has 136 valence electrons. The number of fused-ring (bicyclic) bond motifs is 2. The van der Waals surface area contributed by atoms with Crippen LogP contribution < -0.4 is 16.0 Å². The van der Waals surface area contributed by atoms with Gasteiger partial charge in [0.2, 0.25) is 5.91 Å². The van der Waals surface area contributed by atoms with Gasteiger partial charge in [0, 0.05) is 16.8 Å². The maximum atomic E-state index is 12.3. The van der Waals surface area contributed by atoms with Crippen LogP contribution in [0, 0.1) is 13.8 Å². The number of carboxylic acid groups (broad SMARTS) is 1. The molecule has 2 aromatic heterocycles. The Labute approximate surface area is 148 Å². The van der Waals surface area contributed by atoms with Crippen molar-refractivity contribution in [3.8, 4) is 0 Å². The van der Waals surface area contributed by atoms with Gasteiger partial charge in [0.15, 0.2) is 0 Å². The first-order chi connectivity index (χ1) is 12.3. The fraction of sp³-hybridized carbons (Fsp3) is 0.316. The molecule has 7 heteroatoms. The van der Waals surface area contributed by atoms with Gasteiger partial charge in [0.05, 0.1) is 30.3 Å². The molecule has 1 N–H and O–H groups in total. The van der Waals surface area contributed by atoms with E-state index >= 15 is 0 Å². The summed E-state index contributed by atoms with van der Waals surface area (Å²) >= 11 is 0. The number of hydrogen-bond donors (Lipinski definition) is 1. The molecule has 0 aliphatic rings. The molecule has 0 saturated heterocycles. The van der Waals surface area contributed by atoms with Crippen molar-refractivity contribution in [2.24, 2.45) is 0 Å². The summed E-state index contributed by atoms with van der Waals surface area (Å²) in [5.41, 5.74) is 2.13. The van der Waals surface area contributed by atoms with Crippen LogP contribution in [0.2, 0.25) is 0 Å². The van der Waals surface area contributed by atoms with Gasteiger partial charge in [-0.25, -0.2) is 4.79 Å². The number of aliphatic carboxylic acids is 1. The number of hydrogen-bond acceptors (Lipinski definition) is 6. The molecule has 2 heterocycles. The molecular weight excluding hydrogens is 338 g/mol. The smallest absolute Gasteiger partial charge is 0.340 e. The molecule has 7 nitrogen and oxygen atoms in total. The van der Waals surface area contributed by atoms with Crippen LogP contribution in [0.15, 0.2) is 32.0 Å². The summed E-state index contributed by atoms with van der Waals surface area (Å²) in [5, 5.41) is 14.9. The van der Waals surface area contributed by atoms with Crippen LogP contribution in [0.5, 0.6) is 0 Å². The highest BCUT2D eigenvalue weighted by Gasteiger charge is 2.18. The minimum atomic E-state index is -1.36. The Morgan fingerprint density at radius 3 is 2.58 bits per heavy atom. The fourth-order valence-electron chi connectivity index (χ4n) is 2.98. The van der Waals surface area contributed by atoms with Crippen molar-refractivity contribution in [2.75, 3.05) is 0 Å². The fourth-order valence-corrected chi connectivity index (χ4v) is 2.98. The number of carbonyl (C=O) groups is 2. The van der Waals surface area contributed by atoms with Gasteiger partial charge >= 0.3 is 5.63 Å². The van der Waals surface area contributed by atoms with E-state index in [1.165, 1.54) is 0 Å². The lowest BCUT2D eigenvalue weighted by Crippen LogP contribution is -2.48. The van der Waals surface area contributed by atoms with Crippen LogP contribution in [0.3, 0.4) is 0 Å². The van der Waals surface area contributed by atoms with Crippen molar-refractivity contribution < 1.29 is 23.5 Å². The van der Waals surface area contributed by atoms with Gasteiger partial charge < -0.3 is 24.1 Å². The number of aryl methyl sites for hydroxylation is 2. The molecule has 0 radical (unpaired) electrons. The minimum Gasteiger partial charge on any atom is -0.548 e. The molecule has 3 rings (SSSR count). The number of furan rings is 1. The summed E-state index contributed by atoms with van der Waals surface area (Å²) < 4.78 is 10.8. The number of nitrogens with one attached hydrogen (secondary N) is 1. The average molecular weight is 356 g/mol. The van der Waals surface area contributed by atoms with Crippen molar-refractivity contribution in [3.05, 3.63) is 45.5 Å². The molecule has 0 spiro atoms. The maximum absolute atomic E-state index is 12.3. The van der Waals surface area contributed by atoms with Gasteiger partial charge in [-0.1, -0.05) is 6.92 Å². The number of benzene rings is 1. The van der Waals surface area contributed by atoms with E-state index in [-0.39, 0.29) is 18.4 Å². The second kappa shape index (κ2) is 6.67. The number of carboxylic acids is 1. The highest BCUT2D eigenvalue weighted by atomic mass is 16.4. The summed E-state index contributed by atoms with van der Waals surface area (Å²) in [5.74, 6) is -1.93. The van der Waals surface area contributed by atoms with Crippen LogP contribution in [0.25, 0.3) is 21.9 Å². The summed E-state index contributed by atoms with van der Waals surface area (Å²) in [6, 6.07) is 2.42. The Kier molecular flexibility index (Phi) is 4.54. The molecule has 1 amide bonds. The van der Waals surface area contributed by atoms with E-state index < -0.39 is 23.5 Å². The first-order valence-corrected chi connectivity index (χ1v) is 8.26. The Morgan fingerprint density at radius 2 is 1.92 bits per heavy atom. The Hall–Kier alpha value is -3.09. The lowest BCUT2D eigenvalue weighted by molar-refractivity contribution is -0.308. The van der Waals surface area contributed by atoms with E-state index in [2.05, 4.69) is 5.32 Å². The van der Waals surface area contributed by atoms with Gasteiger partial charge in [0.1, 0.15) is 11.2 Å². The number of carbonyl (C=O) groups excluding carboxylic acids is 2. The van der Waals surface area contributed by atoms with E-state index in [1.54, 1.807) is 26.2 Å². The van der Waals surface area contributed by atoms with Gasteiger partial charge in [-0.05, 0) is 37.5 Å². The largest absolute Gasteiger partial charge is 0.548 e. The molecule has 0 aliphatic carbocycles. The van der Waals surface area contributed by atoms with E-state index in [4.69, 9.17) is 8.83 Å². The highest BCUT2D eigenvalue weighted by molar-refractivity contribution is 5.96. The minimum absolute atomic E-state index is 0.192. The van der Waals surface area contributed by atoms with E-state index in [9.17, 15) is 19.5 Å². The van der Waals surface area contributed by atoms with E-state index in [0.717, 1.165) is 10.9 Å². The third-order valence-corrected chi connectivity index (χ3v) is 4.54. The molecule has 1 atom stereocenters. The zero-order chi connectivity index (χ0) is 19.0. The third-order valence-electron chi connectivity index (χ3n) is 4.54. The molecule has 0 aliphatic heterocycles. The molecule has 0 saturated carbocycles. The lowest BCUT2D eigenvalue weighted by atomic mass is 10.0. The standard InChI is InChI=1S/C19H19NO6/c1-4-14(18(22)23)20-17(21)6-13-10(3)12-5-11-9(2)8-25-15(11)7-16(12)26-19(13)24/h5,7-8,14H,4,6H2,1-3H3,(H,20,21)(H,22,23)/p-1/t14-/m1/s1. The van der Waals surface area contributed by atoms with Gasteiger partial charge in [0.25, 0.3) is 0 Å². The third kappa shape index (κ3) is 3.08. The first kappa shape index (κ1) is 17.7. The van der Waals surface area contributed by atoms with Crippen molar-refractivity contribution in [1.29, 1.82) is 0 Å².